The normalized spacial score (nSPS) is 23.4. The number of nitrogens with zero attached hydrogens (tertiary/aromatic N) is 1. The first-order valence-corrected chi connectivity index (χ1v) is 7.50. The molecule has 0 radical (unpaired) electrons. The number of benzene rings is 1. The second-order valence-electron chi connectivity index (χ2n) is 6.09. The molecule has 3 aliphatic rings. The number of carbonyl (C=O) groups is 1. The highest BCUT2D eigenvalue weighted by Gasteiger charge is 2.37. The number of carbonyl (C=O) groups excluding carboxylic acids is 1. The minimum atomic E-state index is -0.207. The van der Waals surface area contributed by atoms with Crippen molar-refractivity contribution in [2.45, 2.75) is 31.8 Å². The van der Waals surface area contributed by atoms with E-state index in [9.17, 15) is 4.79 Å². The zero-order chi connectivity index (χ0) is 14.4. The van der Waals surface area contributed by atoms with Gasteiger partial charge in [-0.2, -0.15) is 0 Å². The Morgan fingerprint density at radius 3 is 2.86 bits per heavy atom. The SMILES string of the molecule is COc1cc2c(cc1OCC1CC1)CN1C(=O)OCC1C2. The largest absolute Gasteiger partial charge is 0.493 e. The number of ether oxygens (including phenoxy) is 3. The van der Waals surface area contributed by atoms with Crippen LogP contribution in [0.4, 0.5) is 4.79 Å². The molecule has 1 unspecified atom stereocenters. The molecule has 5 heteroatoms. The van der Waals surface area contributed by atoms with E-state index in [0.717, 1.165) is 30.1 Å². The molecule has 1 aromatic rings. The van der Waals surface area contributed by atoms with Gasteiger partial charge in [0.1, 0.15) is 6.61 Å². The van der Waals surface area contributed by atoms with Crippen molar-refractivity contribution < 1.29 is 19.0 Å². The molecule has 1 aliphatic carbocycles. The summed E-state index contributed by atoms with van der Waals surface area (Å²) in [6.45, 7) is 1.84. The van der Waals surface area contributed by atoms with Crippen LogP contribution in [-0.2, 0) is 17.7 Å². The minimum absolute atomic E-state index is 0.160. The first-order chi connectivity index (χ1) is 10.2. The summed E-state index contributed by atoms with van der Waals surface area (Å²) in [5.41, 5.74) is 2.36. The van der Waals surface area contributed by atoms with Gasteiger partial charge in [-0.25, -0.2) is 4.79 Å². The van der Waals surface area contributed by atoms with Crippen LogP contribution < -0.4 is 9.47 Å². The molecule has 0 spiro atoms. The van der Waals surface area contributed by atoms with E-state index < -0.39 is 0 Å². The van der Waals surface area contributed by atoms with E-state index in [0.29, 0.717) is 19.1 Å². The molecule has 1 aromatic carbocycles. The zero-order valence-corrected chi connectivity index (χ0v) is 12.1. The van der Waals surface area contributed by atoms with Crippen molar-refractivity contribution in [3.05, 3.63) is 23.3 Å². The third-order valence-electron chi connectivity index (χ3n) is 4.53. The van der Waals surface area contributed by atoms with Gasteiger partial charge >= 0.3 is 6.09 Å². The van der Waals surface area contributed by atoms with Crippen LogP contribution in [0.1, 0.15) is 24.0 Å². The number of fused-ring (bicyclic) bond motifs is 2. The quantitative estimate of drug-likeness (QED) is 0.853. The minimum Gasteiger partial charge on any atom is -0.493 e. The van der Waals surface area contributed by atoms with Crippen LogP contribution in [0.25, 0.3) is 0 Å². The molecule has 21 heavy (non-hydrogen) atoms. The van der Waals surface area contributed by atoms with Crippen molar-refractivity contribution in [1.29, 1.82) is 0 Å². The van der Waals surface area contributed by atoms with E-state index in [4.69, 9.17) is 14.2 Å². The predicted molar refractivity (Wildman–Crippen MR) is 75.6 cm³/mol. The standard InChI is InChI=1S/C16H19NO4/c1-19-14-5-11-4-13-9-21-16(18)17(13)7-12(11)6-15(14)20-8-10-2-3-10/h5-6,10,13H,2-4,7-9H2,1H3. The van der Waals surface area contributed by atoms with Gasteiger partial charge in [0, 0.05) is 6.54 Å². The van der Waals surface area contributed by atoms with Gasteiger partial charge in [0.15, 0.2) is 11.5 Å². The lowest BCUT2D eigenvalue weighted by Crippen LogP contribution is -2.38. The molecule has 4 rings (SSSR count). The van der Waals surface area contributed by atoms with Gasteiger partial charge in [0.25, 0.3) is 0 Å². The van der Waals surface area contributed by atoms with Crippen molar-refractivity contribution >= 4 is 6.09 Å². The van der Waals surface area contributed by atoms with E-state index in [2.05, 4.69) is 6.07 Å². The van der Waals surface area contributed by atoms with E-state index in [1.165, 1.54) is 18.4 Å². The molecular weight excluding hydrogens is 270 g/mol. The lowest BCUT2D eigenvalue weighted by Gasteiger charge is -2.29. The van der Waals surface area contributed by atoms with E-state index in [1.54, 1.807) is 12.0 Å². The summed E-state index contributed by atoms with van der Waals surface area (Å²) in [5.74, 6) is 2.27. The fourth-order valence-electron chi connectivity index (χ4n) is 3.04. The highest BCUT2D eigenvalue weighted by molar-refractivity contribution is 5.71. The molecule has 5 nitrogen and oxygen atoms in total. The molecule has 1 saturated carbocycles. The van der Waals surface area contributed by atoms with Crippen LogP contribution in [0.5, 0.6) is 11.5 Å². The summed E-state index contributed by atoms with van der Waals surface area (Å²) in [7, 11) is 1.67. The Bertz CT molecular complexity index is 582. The highest BCUT2D eigenvalue weighted by Crippen LogP contribution is 2.37. The van der Waals surface area contributed by atoms with Crippen molar-refractivity contribution in [3.63, 3.8) is 0 Å². The average Bonchev–Trinajstić information content (AvgIpc) is 3.27. The van der Waals surface area contributed by atoms with Crippen molar-refractivity contribution in [3.8, 4) is 11.5 Å². The number of hydrogen-bond donors (Lipinski definition) is 0. The van der Waals surface area contributed by atoms with Crippen LogP contribution >= 0.6 is 0 Å². The van der Waals surface area contributed by atoms with Crippen molar-refractivity contribution in [1.82, 2.24) is 4.90 Å². The highest BCUT2D eigenvalue weighted by atomic mass is 16.6. The first-order valence-electron chi connectivity index (χ1n) is 7.50. The number of rotatable bonds is 4. The van der Waals surface area contributed by atoms with Gasteiger partial charge in [-0.05, 0) is 48.4 Å². The summed E-state index contributed by atoms with van der Waals surface area (Å²) >= 11 is 0. The molecule has 2 heterocycles. The number of hydrogen-bond acceptors (Lipinski definition) is 4. The summed E-state index contributed by atoms with van der Waals surface area (Å²) in [5, 5.41) is 0. The molecule has 112 valence electrons. The Morgan fingerprint density at radius 1 is 1.29 bits per heavy atom. The molecule has 2 aliphatic heterocycles. The van der Waals surface area contributed by atoms with Crippen molar-refractivity contribution in [2.75, 3.05) is 20.3 Å². The molecule has 1 atom stereocenters. The number of amides is 1. The fraction of sp³-hybridized carbons (Fsp3) is 0.562. The van der Waals surface area contributed by atoms with Gasteiger partial charge < -0.3 is 14.2 Å². The predicted octanol–water partition coefficient (Wildman–Crippen LogP) is 2.36. The first kappa shape index (κ1) is 12.8. The fourth-order valence-corrected chi connectivity index (χ4v) is 3.04. The molecular formula is C16H19NO4. The second kappa shape index (κ2) is 4.83. The van der Waals surface area contributed by atoms with Crippen LogP contribution in [0.15, 0.2) is 12.1 Å². The van der Waals surface area contributed by atoms with Crippen LogP contribution in [-0.4, -0.2) is 37.4 Å². The molecule has 1 saturated heterocycles. The maximum atomic E-state index is 11.7. The van der Waals surface area contributed by atoms with Gasteiger partial charge in [0.2, 0.25) is 0 Å². The number of cyclic esters (lactones) is 1. The van der Waals surface area contributed by atoms with E-state index in [1.807, 2.05) is 6.07 Å². The Balaban J connectivity index is 1.61. The molecule has 0 N–H and O–H groups in total. The summed E-state index contributed by atoms with van der Waals surface area (Å²) in [4.78, 5) is 13.5. The lowest BCUT2D eigenvalue weighted by molar-refractivity contribution is 0.155. The van der Waals surface area contributed by atoms with Gasteiger partial charge in [-0.3, -0.25) is 4.90 Å². The maximum absolute atomic E-state index is 11.7. The Morgan fingerprint density at radius 2 is 2.10 bits per heavy atom. The van der Waals surface area contributed by atoms with Crippen LogP contribution in [0, 0.1) is 5.92 Å². The third kappa shape index (κ3) is 2.30. The molecule has 1 amide bonds. The van der Waals surface area contributed by atoms with E-state index in [-0.39, 0.29) is 12.1 Å². The molecule has 2 fully saturated rings. The van der Waals surface area contributed by atoms with Crippen LogP contribution in [0.3, 0.4) is 0 Å². The van der Waals surface area contributed by atoms with Crippen molar-refractivity contribution in [2.24, 2.45) is 5.92 Å². The Kier molecular flexibility index (Phi) is 2.94. The topological polar surface area (TPSA) is 48.0 Å². The smallest absolute Gasteiger partial charge is 0.410 e. The van der Waals surface area contributed by atoms with Crippen LogP contribution in [0.2, 0.25) is 0 Å². The molecule has 0 bridgehead atoms. The Labute approximate surface area is 123 Å². The maximum Gasteiger partial charge on any atom is 0.410 e. The average molecular weight is 289 g/mol. The van der Waals surface area contributed by atoms with Gasteiger partial charge in [0.05, 0.1) is 19.8 Å². The number of methoxy groups -OCH3 is 1. The monoisotopic (exact) mass is 289 g/mol. The Hall–Kier alpha value is -1.91. The molecule has 0 aromatic heterocycles. The summed E-state index contributed by atoms with van der Waals surface area (Å²) in [6.07, 6.45) is 3.13. The summed E-state index contributed by atoms with van der Waals surface area (Å²) < 4.78 is 16.5. The van der Waals surface area contributed by atoms with Gasteiger partial charge in [-0.15, -0.1) is 0 Å². The van der Waals surface area contributed by atoms with Gasteiger partial charge in [-0.1, -0.05) is 0 Å². The summed E-state index contributed by atoms with van der Waals surface area (Å²) in [6, 6.07) is 4.24. The lowest BCUT2D eigenvalue weighted by atomic mass is 9.94. The van der Waals surface area contributed by atoms with E-state index >= 15 is 0 Å². The third-order valence-corrected chi connectivity index (χ3v) is 4.53. The second-order valence-corrected chi connectivity index (χ2v) is 6.09. The zero-order valence-electron chi connectivity index (χ0n) is 12.1.